The van der Waals surface area contributed by atoms with E-state index in [0.29, 0.717) is 6.54 Å². The van der Waals surface area contributed by atoms with Crippen molar-refractivity contribution in [3.8, 4) is 0 Å². The average molecular weight is 265 g/mol. The summed E-state index contributed by atoms with van der Waals surface area (Å²) in [5, 5.41) is 2.87. The third-order valence-corrected chi connectivity index (χ3v) is 3.02. The van der Waals surface area contributed by atoms with Crippen LogP contribution in [0.15, 0.2) is 72.8 Å². The van der Waals surface area contributed by atoms with Gasteiger partial charge < -0.3 is 5.32 Å². The molecule has 1 amide bonds. The van der Waals surface area contributed by atoms with Gasteiger partial charge in [0.15, 0.2) is 0 Å². The second kappa shape index (κ2) is 7.95. The van der Waals surface area contributed by atoms with Crippen LogP contribution in [0.25, 0.3) is 0 Å². The zero-order valence-corrected chi connectivity index (χ0v) is 11.5. The molecular weight excluding hydrogens is 246 g/mol. The molecule has 0 heterocycles. The number of carbonyl (C=O) groups excluding carboxylic acids is 1. The summed E-state index contributed by atoms with van der Waals surface area (Å²) in [5.41, 5.74) is 2.40. The molecule has 1 N–H and O–H groups in total. The largest absolute Gasteiger partial charge is 0.348 e. The van der Waals surface area contributed by atoms with Crippen molar-refractivity contribution in [1.82, 2.24) is 5.32 Å². The normalized spacial score (nSPS) is 10.6. The number of allylic oxidation sites excluding steroid dienone is 1. The van der Waals surface area contributed by atoms with E-state index in [2.05, 4.69) is 17.4 Å². The van der Waals surface area contributed by atoms with Crippen LogP contribution in [0.4, 0.5) is 0 Å². The highest BCUT2D eigenvalue weighted by Gasteiger charge is 1.95. The fraction of sp³-hybridized carbons (Fsp3) is 0.167. The lowest BCUT2D eigenvalue weighted by molar-refractivity contribution is -0.116. The molecule has 2 heteroatoms. The zero-order valence-electron chi connectivity index (χ0n) is 11.5. The fourth-order valence-corrected chi connectivity index (χ4v) is 1.93. The molecule has 20 heavy (non-hydrogen) atoms. The van der Waals surface area contributed by atoms with Gasteiger partial charge in [0, 0.05) is 6.54 Å². The topological polar surface area (TPSA) is 29.1 Å². The van der Waals surface area contributed by atoms with E-state index in [1.165, 1.54) is 5.56 Å². The van der Waals surface area contributed by atoms with Gasteiger partial charge in [0.05, 0.1) is 0 Å². The molecular formula is C18H19NO. The van der Waals surface area contributed by atoms with Crippen molar-refractivity contribution in [2.75, 3.05) is 0 Å². The van der Waals surface area contributed by atoms with Crippen LogP contribution in [-0.4, -0.2) is 5.91 Å². The van der Waals surface area contributed by atoms with Gasteiger partial charge in [-0.3, -0.25) is 4.79 Å². The number of aryl methyl sites for hydroxylation is 1. The summed E-state index contributed by atoms with van der Waals surface area (Å²) in [6.07, 6.45) is 5.38. The van der Waals surface area contributed by atoms with Gasteiger partial charge >= 0.3 is 0 Å². The summed E-state index contributed by atoms with van der Waals surface area (Å²) in [6, 6.07) is 20.2. The SMILES string of the molecule is O=C(/C=C/CCc1ccccc1)NCc1ccccc1. The van der Waals surface area contributed by atoms with Gasteiger partial charge in [-0.25, -0.2) is 0 Å². The molecule has 0 bridgehead atoms. The zero-order chi connectivity index (χ0) is 14.0. The number of hydrogen-bond donors (Lipinski definition) is 1. The van der Waals surface area contributed by atoms with E-state index >= 15 is 0 Å². The van der Waals surface area contributed by atoms with Crippen LogP contribution in [0.5, 0.6) is 0 Å². The Morgan fingerprint density at radius 3 is 2.15 bits per heavy atom. The molecule has 0 saturated heterocycles. The van der Waals surface area contributed by atoms with E-state index in [1.807, 2.05) is 54.6 Å². The van der Waals surface area contributed by atoms with E-state index in [9.17, 15) is 4.79 Å². The van der Waals surface area contributed by atoms with Crippen molar-refractivity contribution in [1.29, 1.82) is 0 Å². The van der Waals surface area contributed by atoms with Crippen molar-refractivity contribution in [3.63, 3.8) is 0 Å². The Morgan fingerprint density at radius 1 is 0.900 bits per heavy atom. The van der Waals surface area contributed by atoms with Crippen LogP contribution in [0.2, 0.25) is 0 Å². The molecule has 102 valence electrons. The van der Waals surface area contributed by atoms with E-state index in [4.69, 9.17) is 0 Å². The number of amides is 1. The third-order valence-electron chi connectivity index (χ3n) is 3.02. The predicted molar refractivity (Wildman–Crippen MR) is 82.2 cm³/mol. The minimum Gasteiger partial charge on any atom is -0.348 e. The van der Waals surface area contributed by atoms with Crippen LogP contribution in [0.1, 0.15) is 17.5 Å². The van der Waals surface area contributed by atoms with Gasteiger partial charge in [0.1, 0.15) is 0 Å². The van der Waals surface area contributed by atoms with Crippen molar-refractivity contribution in [2.45, 2.75) is 19.4 Å². The molecule has 0 aliphatic rings. The fourth-order valence-electron chi connectivity index (χ4n) is 1.93. The van der Waals surface area contributed by atoms with E-state index < -0.39 is 0 Å². The first-order valence-electron chi connectivity index (χ1n) is 6.87. The second-order valence-corrected chi connectivity index (χ2v) is 4.63. The number of rotatable bonds is 6. The molecule has 2 nitrogen and oxygen atoms in total. The molecule has 0 saturated carbocycles. The summed E-state index contributed by atoms with van der Waals surface area (Å²) >= 11 is 0. The van der Waals surface area contributed by atoms with Crippen LogP contribution in [-0.2, 0) is 17.8 Å². The van der Waals surface area contributed by atoms with Crippen molar-refractivity contribution >= 4 is 5.91 Å². The molecule has 2 aromatic carbocycles. The first kappa shape index (κ1) is 14.1. The first-order valence-corrected chi connectivity index (χ1v) is 6.87. The second-order valence-electron chi connectivity index (χ2n) is 4.63. The molecule has 0 fully saturated rings. The molecule has 0 spiro atoms. The highest BCUT2D eigenvalue weighted by molar-refractivity contribution is 5.87. The number of carbonyl (C=O) groups is 1. The maximum Gasteiger partial charge on any atom is 0.243 e. The number of benzene rings is 2. The lowest BCUT2D eigenvalue weighted by Gasteiger charge is -2.01. The minimum atomic E-state index is -0.0399. The summed E-state index contributed by atoms with van der Waals surface area (Å²) in [5.74, 6) is -0.0399. The van der Waals surface area contributed by atoms with Gasteiger partial charge in [-0.1, -0.05) is 66.7 Å². The number of hydrogen-bond acceptors (Lipinski definition) is 1. The van der Waals surface area contributed by atoms with Gasteiger partial charge in [-0.05, 0) is 30.0 Å². The molecule has 0 unspecified atom stereocenters. The van der Waals surface area contributed by atoms with Crippen LogP contribution >= 0.6 is 0 Å². The monoisotopic (exact) mass is 265 g/mol. The quantitative estimate of drug-likeness (QED) is 0.796. The summed E-state index contributed by atoms with van der Waals surface area (Å²) in [4.78, 5) is 11.6. The van der Waals surface area contributed by atoms with Crippen molar-refractivity contribution in [2.24, 2.45) is 0 Å². The highest BCUT2D eigenvalue weighted by Crippen LogP contribution is 2.02. The molecule has 0 aliphatic heterocycles. The van der Waals surface area contributed by atoms with Crippen molar-refractivity contribution in [3.05, 3.63) is 83.9 Å². The summed E-state index contributed by atoms with van der Waals surface area (Å²) in [6.45, 7) is 0.572. The smallest absolute Gasteiger partial charge is 0.243 e. The van der Waals surface area contributed by atoms with E-state index in [0.717, 1.165) is 18.4 Å². The molecule has 2 rings (SSSR count). The Morgan fingerprint density at radius 2 is 1.50 bits per heavy atom. The van der Waals surface area contributed by atoms with Gasteiger partial charge in [-0.15, -0.1) is 0 Å². The van der Waals surface area contributed by atoms with E-state index in [1.54, 1.807) is 6.08 Å². The maximum atomic E-state index is 11.6. The highest BCUT2D eigenvalue weighted by atomic mass is 16.1. The standard InChI is InChI=1S/C18H19NO/c20-18(19-15-17-12-5-2-6-13-17)14-8-7-11-16-9-3-1-4-10-16/h1-6,8-10,12-14H,7,11,15H2,(H,19,20)/b14-8+. The van der Waals surface area contributed by atoms with Crippen LogP contribution in [0, 0.1) is 0 Å². The Labute approximate surface area is 120 Å². The Hall–Kier alpha value is -2.35. The third kappa shape index (κ3) is 5.11. The molecule has 0 atom stereocenters. The van der Waals surface area contributed by atoms with E-state index in [-0.39, 0.29) is 5.91 Å². The molecule has 0 aromatic heterocycles. The Bertz CT molecular complexity index is 546. The van der Waals surface area contributed by atoms with Crippen molar-refractivity contribution < 1.29 is 4.79 Å². The minimum absolute atomic E-state index is 0.0399. The Kier molecular flexibility index (Phi) is 5.59. The van der Waals surface area contributed by atoms with Gasteiger partial charge in [0.2, 0.25) is 5.91 Å². The van der Waals surface area contributed by atoms with Crippen LogP contribution in [0.3, 0.4) is 0 Å². The molecule has 0 radical (unpaired) electrons. The average Bonchev–Trinajstić information content (AvgIpc) is 2.52. The lowest BCUT2D eigenvalue weighted by atomic mass is 10.1. The van der Waals surface area contributed by atoms with Crippen LogP contribution < -0.4 is 5.32 Å². The Balaban J connectivity index is 1.68. The maximum absolute atomic E-state index is 11.6. The molecule has 2 aromatic rings. The summed E-state index contributed by atoms with van der Waals surface area (Å²) < 4.78 is 0. The predicted octanol–water partition coefficient (Wildman–Crippen LogP) is 3.49. The lowest BCUT2D eigenvalue weighted by Crippen LogP contribution is -2.20. The first-order chi connectivity index (χ1) is 9.84. The summed E-state index contributed by atoms with van der Waals surface area (Å²) in [7, 11) is 0. The van der Waals surface area contributed by atoms with Gasteiger partial charge in [-0.2, -0.15) is 0 Å². The number of nitrogens with one attached hydrogen (secondary N) is 1. The molecule has 0 aliphatic carbocycles. The van der Waals surface area contributed by atoms with Gasteiger partial charge in [0.25, 0.3) is 0 Å².